The largest absolute Gasteiger partial charge is 0.413 e. The van der Waals surface area contributed by atoms with E-state index in [9.17, 15) is 4.79 Å². The standard InChI is InChI=1S/C23H28ClN5O2/c1-23(2,3)29-22(30)31-16-11-17-18(13-26-21(17)25-12-16)14-9-19(24)28-20(10-14)27-15-7-5-4-6-8-15/h9-13,15H,4-8H2,1-3H3,(H,25,26)(H,27,28)(H,29,30). The van der Waals surface area contributed by atoms with Gasteiger partial charge in [-0.25, -0.2) is 14.8 Å². The predicted molar refractivity (Wildman–Crippen MR) is 124 cm³/mol. The fraction of sp³-hybridized carbons (Fsp3) is 0.435. The number of halogens is 1. The number of amides is 1. The van der Waals surface area contributed by atoms with Crippen LogP contribution in [0, 0.1) is 0 Å². The number of aromatic nitrogens is 3. The van der Waals surface area contributed by atoms with Crippen LogP contribution in [0.2, 0.25) is 5.15 Å². The minimum Gasteiger partial charge on any atom is -0.409 e. The molecule has 7 nitrogen and oxygen atoms in total. The minimum absolute atomic E-state index is 0.371. The molecule has 1 aliphatic rings. The number of carbonyl (C=O) groups is 1. The van der Waals surface area contributed by atoms with Gasteiger partial charge in [0.15, 0.2) is 5.75 Å². The fourth-order valence-electron chi connectivity index (χ4n) is 3.90. The second-order valence-corrected chi connectivity index (χ2v) is 9.46. The molecule has 31 heavy (non-hydrogen) atoms. The summed E-state index contributed by atoms with van der Waals surface area (Å²) in [5.41, 5.74) is 2.15. The third-order valence-electron chi connectivity index (χ3n) is 5.26. The van der Waals surface area contributed by atoms with E-state index in [1.54, 1.807) is 6.07 Å². The van der Waals surface area contributed by atoms with Crippen LogP contribution in [0.3, 0.4) is 0 Å². The van der Waals surface area contributed by atoms with E-state index in [4.69, 9.17) is 16.3 Å². The number of hydrogen-bond donors (Lipinski definition) is 3. The Kier molecular flexibility index (Phi) is 6.05. The van der Waals surface area contributed by atoms with Crippen molar-refractivity contribution in [2.75, 3.05) is 5.32 Å². The Balaban J connectivity index is 1.61. The first kappa shape index (κ1) is 21.4. The number of anilines is 1. The van der Waals surface area contributed by atoms with Crippen molar-refractivity contribution in [1.82, 2.24) is 20.3 Å². The number of nitrogens with one attached hydrogen (secondary N) is 3. The first-order chi connectivity index (χ1) is 14.8. The molecule has 164 valence electrons. The summed E-state index contributed by atoms with van der Waals surface area (Å²) < 4.78 is 5.43. The van der Waals surface area contributed by atoms with Gasteiger partial charge in [-0.2, -0.15) is 0 Å². The maximum Gasteiger partial charge on any atom is 0.413 e. The topological polar surface area (TPSA) is 91.9 Å². The number of fused-ring (bicyclic) bond motifs is 1. The molecule has 0 spiro atoms. The Bertz CT molecular complexity index is 1080. The smallest absolute Gasteiger partial charge is 0.409 e. The summed E-state index contributed by atoms with van der Waals surface area (Å²) in [5, 5.41) is 7.58. The molecular formula is C23H28ClN5O2. The second kappa shape index (κ2) is 8.75. The van der Waals surface area contributed by atoms with E-state index in [2.05, 4.69) is 25.6 Å². The van der Waals surface area contributed by atoms with Crippen LogP contribution in [-0.2, 0) is 0 Å². The van der Waals surface area contributed by atoms with Crippen molar-refractivity contribution in [2.24, 2.45) is 0 Å². The highest BCUT2D eigenvalue weighted by atomic mass is 35.5. The summed E-state index contributed by atoms with van der Waals surface area (Å²) in [5.74, 6) is 1.14. The number of rotatable bonds is 4. The summed E-state index contributed by atoms with van der Waals surface area (Å²) in [4.78, 5) is 24.2. The predicted octanol–water partition coefficient (Wildman–Crippen LogP) is 5.91. The van der Waals surface area contributed by atoms with Gasteiger partial charge in [-0.05, 0) is 57.4 Å². The lowest BCUT2D eigenvalue weighted by Gasteiger charge is -2.23. The van der Waals surface area contributed by atoms with Crippen LogP contribution in [0.1, 0.15) is 52.9 Å². The van der Waals surface area contributed by atoms with E-state index < -0.39 is 6.09 Å². The highest BCUT2D eigenvalue weighted by Crippen LogP contribution is 2.33. The van der Waals surface area contributed by atoms with Crippen molar-refractivity contribution in [2.45, 2.75) is 64.5 Å². The van der Waals surface area contributed by atoms with Gasteiger partial charge in [0.05, 0.1) is 6.20 Å². The van der Waals surface area contributed by atoms with Gasteiger partial charge < -0.3 is 20.4 Å². The summed E-state index contributed by atoms with van der Waals surface area (Å²) in [6, 6.07) is 6.07. The number of nitrogens with zero attached hydrogens (tertiary/aromatic N) is 2. The third-order valence-corrected chi connectivity index (χ3v) is 5.45. The maximum absolute atomic E-state index is 12.1. The van der Waals surface area contributed by atoms with Gasteiger partial charge in [-0.15, -0.1) is 0 Å². The summed E-state index contributed by atoms with van der Waals surface area (Å²) in [7, 11) is 0. The molecule has 0 aromatic carbocycles. The molecule has 0 aliphatic heterocycles. The Morgan fingerprint density at radius 3 is 2.71 bits per heavy atom. The van der Waals surface area contributed by atoms with Crippen molar-refractivity contribution >= 4 is 34.5 Å². The highest BCUT2D eigenvalue weighted by Gasteiger charge is 2.18. The average molecular weight is 442 g/mol. The molecule has 4 rings (SSSR count). The second-order valence-electron chi connectivity index (χ2n) is 9.08. The zero-order valence-electron chi connectivity index (χ0n) is 18.1. The number of ether oxygens (including phenoxy) is 1. The van der Waals surface area contributed by atoms with E-state index in [1.807, 2.05) is 39.1 Å². The molecule has 1 aliphatic carbocycles. The van der Waals surface area contributed by atoms with Gasteiger partial charge in [-0.1, -0.05) is 30.9 Å². The van der Waals surface area contributed by atoms with Crippen molar-refractivity contribution < 1.29 is 9.53 Å². The Morgan fingerprint density at radius 1 is 1.19 bits per heavy atom. The molecule has 0 unspecified atom stereocenters. The molecule has 8 heteroatoms. The van der Waals surface area contributed by atoms with E-state index >= 15 is 0 Å². The van der Waals surface area contributed by atoms with Crippen LogP contribution in [0.5, 0.6) is 5.75 Å². The number of aromatic amines is 1. The van der Waals surface area contributed by atoms with Gasteiger partial charge >= 0.3 is 6.09 Å². The van der Waals surface area contributed by atoms with Crippen LogP contribution < -0.4 is 15.4 Å². The van der Waals surface area contributed by atoms with Crippen molar-refractivity contribution in [3.8, 4) is 16.9 Å². The highest BCUT2D eigenvalue weighted by molar-refractivity contribution is 6.29. The van der Waals surface area contributed by atoms with Crippen LogP contribution in [0.15, 0.2) is 30.6 Å². The molecule has 1 saturated carbocycles. The maximum atomic E-state index is 12.1. The SMILES string of the molecule is CC(C)(C)NC(=O)Oc1cnc2[nH]cc(-c3cc(Cl)nc(NC4CCCCC4)c3)c2c1. The third kappa shape index (κ3) is 5.47. The molecule has 3 aromatic rings. The summed E-state index contributed by atoms with van der Waals surface area (Å²) in [6.45, 7) is 5.68. The molecule has 1 amide bonds. The summed E-state index contributed by atoms with van der Waals surface area (Å²) >= 11 is 6.34. The zero-order chi connectivity index (χ0) is 22.0. The van der Waals surface area contributed by atoms with Gasteiger partial charge in [-0.3, -0.25) is 0 Å². The Labute approximate surface area is 187 Å². The molecule has 3 heterocycles. The van der Waals surface area contributed by atoms with Gasteiger partial charge in [0, 0.05) is 28.7 Å². The van der Waals surface area contributed by atoms with Crippen LogP contribution >= 0.6 is 11.6 Å². The van der Waals surface area contributed by atoms with Gasteiger partial charge in [0.25, 0.3) is 0 Å². The van der Waals surface area contributed by atoms with Crippen LogP contribution in [0.4, 0.5) is 10.6 Å². The zero-order valence-corrected chi connectivity index (χ0v) is 18.8. The first-order valence-electron chi connectivity index (χ1n) is 10.7. The molecule has 0 atom stereocenters. The molecule has 3 aromatic heterocycles. The summed E-state index contributed by atoms with van der Waals surface area (Å²) in [6.07, 6.45) is 8.97. The number of hydrogen-bond acceptors (Lipinski definition) is 5. The minimum atomic E-state index is -0.517. The quantitative estimate of drug-likeness (QED) is 0.437. The van der Waals surface area contributed by atoms with E-state index in [0.717, 1.165) is 35.2 Å². The fourth-order valence-corrected chi connectivity index (χ4v) is 4.11. The Morgan fingerprint density at radius 2 is 1.97 bits per heavy atom. The first-order valence-corrected chi connectivity index (χ1v) is 11.1. The van der Waals surface area contributed by atoms with Crippen molar-refractivity contribution in [1.29, 1.82) is 0 Å². The van der Waals surface area contributed by atoms with Crippen molar-refractivity contribution in [3.63, 3.8) is 0 Å². The molecule has 0 saturated heterocycles. The van der Waals surface area contributed by atoms with E-state index in [1.165, 1.54) is 25.5 Å². The average Bonchev–Trinajstić information content (AvgIpc) is 3.10. The lowest BCUT2D eigenvalue weighted by molar-refractivity contribution is 0.190. The molecular weight excluding hydrogens is 414 g/mol. The van der Waals surface area contributed by atoms with Crippen LogP contribution in [-0.4, -0.2) is 32.6 Å². The van der Waals surface area contributed by atoms with E-state index in [0.29, 0.717) is 22.6 Å². The number of H-pyrrole nitrogens is 1. The number of pyridine rings is 2. The molecule has 1 fully saturated rings. The van der Waals surface area contributed by atoms with Gasteiger partial charge in [0.1, 0.15) is 16.6 Å². The molecule has 3 N–H and O–H groups in total. The monoisotopic (exact) mass is 441 g/mol. The van der Waals surface area contributed by atoms with Crippen LogP contribution in [0.25, 0.3) is 22.2 Å². The van der Waals surface area contributed by atoms with Crippen molar-refractivity contribution in [3.05, 3.63) is 35.7 Å². The normalized spacial score (nSPS) is 15.1. The number of carbonyl (C=O) groups excluding carboxylic acids is 1. The Hall–Kier alpha value is -2.80. The lowest BCUT2D eigenvalue weighted by Crippen LogP contribution is -2.42. The lowest BCUT2D eigenvalue weighted by atomic mass is 9.95. The van der Waals surface area contributed by atoms with Gasteiger partial charge in [0.2, 0.25) is 0 Å². The molecule has 0 bridgehead atoms. The molecule has 0 radical (unpaired) electrons. The van der Waals surface area contributed by atoms with E-state index in [-0.39, 0.29) is 5.54 Å².